The Kier molecular flexibility index (Phi) is 65.2. The van der Waals surface area contributed by atoms with E-state index >= 15 is 0 Å². The molecular formula is C92H171O25P. The van der Waals surface area contributed by atoms with Crippen molar-refractivity contribution in [2.45, 2.75) is 518 Å². The van der Waals surface area contributed by atoms with Gasteiger partial charge in [0, 0.05) is 25.7 Å². The molecule has 694 valence electrons. The number of unbranched alkanes of at least 4 members (excludes halogenated alkanes) is 47. The highest BCUT2D eigenvalue weighted by molar-refractivity contribution is 7.47. The van der Waals surface area contributed by atoms with E-state index in [0.717, 1.165) is 148 Å². The molecule has 118 heavy (non-hydrogen) atoms. The van der Waals surface area contributed by atoms with Crippen LogP contribution in [0.5, 0.6) is 0 Å². The molecule has 19 unspecified atom stereocenters. The van der Waals surface area contributed by atoms with Gasteiger partial charge in [-0.25, -0.2) is 4.57 Å². The van der Waals surface area contributed by atoms with Crippen LogP contribution in [0.4, 0.5) is 0 Å². The van der Waals surface area contributed by atoms with E-state index in [1.807, 2.05) is 0 Å². The summed E-state index contributed by atoms with van der Waals surface area (Å²) in [6.07, 6.45) is 27.7. The first-order valence-corrected chi connectivity index (χ1v) is 49.3. The second-order valence-electron chi connectivity index (χ2n) is 34.5. The minimum absolute atomic E-state index is 0.0107. The number of carbonyl (C=O) groups excluding carboxylic acids is 4. The smallest absolute Gasteiger partial charge is 0.463 e. The highest BCUT2D eigenvalue weighted by Crippen LogP contribution is 2.49. The fourth-order valence-corrected chi connectivity index (χ4v) is 16.9. The molecule has 3 rings (SSSR count). The van der Waals surface area contributed by atoms with E-state index in [9.17, 15) is 74.6 Å². The number of rotatable bonds is 77. The minimum Gasteiger partial charge on any atom is -0.463 e. The Hall–Kier alpha value is -2.79. The second-order valence-corrected chi connectivity index (χ2v) is 35.9. The van der Waals surface area contributed by atoms with Gasteiger partial charge in [0.25, 0.3) is 0 Å². The molecule has 1 saturated carbocycles. The molecule has 1 aliphatic carbocycles. The van der Waals surface area contributed by atoms with Crippen molar-refractivity contribution in [2.24, 2.45) is 5.92 Å². The highest BCUT2D eigenvalue weighted by Gasteiger charge is 2.60. The molecule has 0 spiro atoms. The average Bonchev–Trinajstić information content (AvgIpc) is 0.754. The van der Waals surface area contributed by atoms with Crippen LogP contribution in [0.3, 0.4) is 0 Å². The largest absolute Gasteiger partial charge is 0.472 e. The third-order valence-electron chi connectivity index (χ3n) is 23.7. The standard InChI is InChI=1S/C92H171O25P/c1-6-10-14-18-22-25-28-31-33-36-38-41-44-51-57-63-75(94)108-68-72(111-77(96)65-59-54-48-47-50-56-62-71(5)61-55-49-21-17-13-9-4)69-110-118(106,107)117-90-88(115-91-85(104)81(100)79(98)73(67-93)112-91)84(103)83(102)87(114-78(97)66-60-53-46-43-40-35-30-27-24-20-16-12-8-3)89(90)116-92-86(105)82(101)80(99)74(113-92)70-109-76(95)64-58-52-45-42-39-37-34-32-29-26-23-19-15-11-7-2/h26,29,71-74,79-93,98-105H,6-25,27-28,30-70H2,1-5H3,(H,106,107)/b29-26-. The van der Waals surface area contributed by atoms with Crippen molar-refractivity contribution in [3.8, 4) is 0 Å². The van der Waals surface area contributed by atoms with Gasteiger partial charge in [-0.2, -0.15) is 0 Å². The lowest BCUT2D eigenvalue weighted by atomic mass is 9.84. The van der Waals surface area contributed by atoms with Gasteiger partial charge >= 0.3 is 31.7 Å². The maximum Gasteiger partial charge on any atom is 0.472 e. The Balaban J connectivity index is 1.91. The first kappa shape index (κ1) is 109. The van der Waals surface area contributed by atoms with Crippen LogP contribution in [0.15, 0.2) is 12.2 Å². The predicted molar refractivity (Wildman–Crippen MR) is 458 cm³/mol. The van der Waals surface area contributed by atoms with Gasteiger partial charge in [0.1, 0.15) is 92.6 Å². The quantitative estimate of drug-likeness (QED) is 0.00889. The summed E-state index contributed by atoms with van der Waals surface area (Å²) in [4.78, 5) is 66.5. The lowest BCUT2D eigenvalue weighted by Gasteiger charge is -2.50. The summed E-state index contributed by atoms with van der Waals surface area (Å²) in [7, 11) is -5.81. The number of aliphatic hydroxyl groups excluding tert-OH is 9. The van der Waals surface area contributed by atoms with E-state index in [4.69, 9.17) is 46.9 Å². The first-order chi connectivity index (χ1) is 57.1. The van der Waals surface area contributed by atoms with Crippen molar-refractivity contribution in [3.63, 3.8) is 0 Å². The number of phosphoric acid groups is 1. The summed E-state index contributed by atoms with van der Waals surface area (Å²) < 4.78 is 73.5. The fourth-order valence-electron chi connectivity index (χ4n) is 16.0. The molecule has 26 heteroatoms. The maximum absolute atomic E-state index is 14.9. The Labute approximate surface area is 712 Å². The van der Waals surface area contributed by atoms with E-state index in [-0.39, 0.29) is 25.7 Å². The molecule has 0 radical (unpaired) electrons. The molecule has 2 aliphatic heterocycles. The highest BCUT2D eigenvalue weighted by atomic mass is 31.2. The van der Waals surface area contributed by atoms with Gasteiger partial charge in [-0.3, -0.25) is 28.2 Å². The van der Waals surface area contributed by atoms with Crippen LogP contribution in [-0.2, 0) is 70.7 Å². The Bertz CT molecular complexity index is 2520. The van der Waals surface area contributed by atoms with E-state index < -0.39 is 162 Å². The number of allylic oxidation sites excluding steroid dienone is 2. The Morgan fingerprint density at radius 3 is 1.10 bits per heavy atom. The second kappa shape index (κ2) is 70.4. The third-order valence-corrected chi connectivity index (χ3v) is 24.7. The van der Waals surface area contributed by atoms with Crippen LogP contribution in [-0.4, -0.2) is 205 Å². The molecule has 3 aliphatic rings. The summed E-state index contributed by atoms with van der Waals surface area (Å²) >= 11 is 0. The van der Waals surface area contributed by atoms with Crippen LogP contribution in [0.2, 0.25) is 0 Å². The van der Waals surface area contributed by atoms with Crippen LogP contribution in [0.1, 0.15) is 413 Å². The summed E-state index contributed by atoms with van der Waals surface area (Å²) in [5.41, 5.74) is 0. The third kappa shape index (κ3) is 50.4. The Morgan fingerprint density at radius 2 is 0.686 bits per heavy atom. The molecule has 0 bridgehead atoms. The predicted octanol–water partition coefficient (Wildman–Crippen LogP) is 17.8. The molecule has 3 fully saturated rings. The molecule has 0 aromatic carbocycles. The molecule has 19 atom stereocenters. The number of hydrogen-bond acceptors (Lipinski definition) is 24. The van der Waals surface area contributed by atoms with E-state index in [2.05, 4.69) is 46.8 Å². The SMILES string of the molecule is CCCCCC/C=C\CCCCCCCCCC(=O)OCC1OC(OC2C(OC(=O)CCCCCCCCCCCCCCC)C(O)C(O)C(OC3OC(CO)C(O)C(O)C3O)C2OP(=O)(O)OCC(COC(=O)CCCCCCCCCCCCCCCCC)OC(=O)CCCCCCCCC(C)CCCCCCCC)C(O)C(O)C1O. The molecule has 0 aromatic rings. The monoisotopic (exact) mass is 1710 g/mol. The van der Waals surface area contributed by atoms with Crippen molar-refractivity contribution in [1.82, 2.24) is 0 Å². The van der Waals surface area contributed by atoms with Crippen LogP contribution < -0.4 is 0 Å². The Morgan fingerprint density at radius 1 is 0.356 bits per heavy atom. The zero-order chi connectivity index (χ0) is 86.2. The average molecular weight is 1710 g/mol. The lowest BCUT2D eigenvalue weighted by molar-refractivity contribution is -0.360. The van der Waals surface area contributed by atoms with Gasteiger partial charge in [-0.05, 0) is 57.3 Å². The van der Waals surface area contributed by atoms with E-state index in [1.165, 1.54) is 173 Å². The van der Waals surface area contributed by atoms with Crippen LogP contribution in [0, 0.1) is 5.92 Å². The van der Waals surface area contributed by atoms with Gasteiger partial charge in [0.2, 0.25) is 0 Å². The minimum atomic E-state index is -5.81. The number of carbonyl (C=O) groups is 4. The lowest BCUT2D eigenvalue weighted by Crippen LogP contribution is -2.70. The van der Waals surface area contributed by atoms with E-state index in [1.54, 1.807) is 0 Å². The molecular weight excluding hydrogens is 1540 g/mol. The number of phosphoric ester groups is 1. The van der Waals surface area contributed by atoms with Gasteiger partial charge in [0.15, 0.2) is 24.8 Å². The number of esters is 4. The van der Waals surface area contributed by atoms with Gasteiger partial charge in [-0.15, -0.1) is 0 Å². The fraction of sp³-hybridized carbons (Fsp3) is 0.935. The van der Waals surface area contributed by atoms with Crippen LogP contribution >= 0.6 is 7.82 Å². The number of ether oxygens (including phenoxy) is 8. The van der Waals surface area contributed by atoms with Crippen molar-refractivity contribution in [1.29, 1.82) is 0 Å². The topological polar surface area (TPSA) is 380 Å². The van der Waals surface area contributed by atoms with Crippen molar-refractivity contribution in [2.75, 3.05) is 26.4 Å². The van der Waals surface area contributed by atoms with Crippen molar-refractivity contribution < 1.29 is 122 Å². The normalized spacial score (nSPS) is 25.2. The molecule has 10 N–H and O–H groups in total. The maximum atomic E-state index is 14.9. The number of aliphatic hydroxyl groups is 9. The summed E-state index contributed by atoms with van der Waals surface area (Å²) in [6, 6.07) is 0. The molecule has 0 amide bonds. The van der Waals surface area contributed by atoms with Crippen molar-refractivity contribution in [3.05, 3.63) is 12.2 Å². The van der Waals surface area contributed by atoms with E-state index in [0.29, 0.717) is 38.0 Å². The molecule has 25 nitrogen and oxygen atoms in total. The number of hydrogen-bond donors (Lipinski definition) is 10. The summed E-state index contributed by atoms with van der Waals surface area (Å²) in [6.45, 7) is 7.93. The van der Waals surface area contributed by atoms with Crippen molar-refractivity contribution >= 4 is 31.7 Å². The van der Waals surface area contributed by atoms with Gasteiger partial charge < -0.3 is 88.7 Å². The zero-order valence-corrected chi connectivity index (χ0v) is 75.0. The summed E-state index contributed by atoms with van der Waals surface area (Å²) in [5, 5.41) is 102. The molecule has 2 saturated heterocycles. The first-order valence-electron chi connectivity index (χ1n) is 47.8. The zero-order valence-electron chi connectivity index (χ0n) is 74.1. The van der Waals surface area contributed by atoms with Gasteiger partial charge in [-0.1, -0.05) is 349 Å². The van der Waals surface area contributed by atoms with Crippen LogP contribution in [0.25, 0.3) is 0 Å². The molecule has 0 aromatic heterocycles. The summed E-state index contributed by atoms with van der Waals surface area (Å²) in [5.74, 6) is -2.28. The molecule has 2 heterocycles. The van der Waals surface area contributed by atoms with Gasteiger partial charge in [0.05, 0.1) is 13.2 Å².